The van der Waals surface area contributed by atoms with Crippen LogP contribution in [0.25, 0.3) is 0 Å². The Morgan fingerprint density at radius 1 is 1.37 bits per heavy atom. The van der Waals surface area contributed by atoms with Gasteiger partial charge in [0.05, 0.1) is 17.9 Å². The van der Waals surface area contributed by atoms with E-state index in [0.29, 0.717) is 18.6 Å². The Hall–Kier alpha value is -1.74. The summed E-state index contributed by atoms with van der Waals surface area (Å²) >= 11 is 0. The van der Waals surface area contributed by atoms with Crippen molar-refractivity contribution in [3.8, 4) is 11.8 Å². The molecule has 5 nitrogen and oxygen atoms in total. The lowest BCUT2D eigenvalue weighted by atomic mass is 10.2. The average molecular weight is 280 g/mol. The summed E-state index contributed by atoms with van der Waals surface area (Å²) in [5.74, 6) is 0.362. The minimum Gasteiger partial charge on any atom is -0.495 e. The second-order valence-electron chi connectivity index (χ2n) is 4.55. The highest BCUT2D eigenvalue weighted by molar-refractivity contribution is 7.93. The van der Waals surface area contributed by atoms with E-state index in [2.05, 4.69) is 4.72 Å². The molecule has 1 aromatic carbocycles. The Morgan fingerprint density at radius 3 is 2.63 bits per heavy atom. The van der Waals surface area contributed by atoms with Crippen molar-refractivity contribution in [3.63, 3.8) is 0 Å². The molecule has 6 heteroatoms. The fraction of sp³-hybridized carbons (Fsp3) is 0.462. The zero-order valence-corrected chi connectivity index (χ0v) is 11.5. The van der Waals surface area contributed by atoms with Crippen molar-refractivity contribution in [2.75, 3.05) is 11.8 Å². The van der Waals surface area contributed by atoms with E-state index in [1.807, 2.05) is 6.07 Å². The van der Waals surface area contributed by atoms with Gasteiger partial charge in [-0.3, -0.25) is 4.72 Å². The van der Waals surface area contributed by atoms with Gasteiger partial charge in [-0.2, -0.15) is 5.26 Å². The zero-order chi connectivity index (χ0) is 13.9. The summed E-state index contributed by atoms with van der Waals surface area (Å²) < 4.78 is 32.2. The molecule has 102 valence electrons. The van der Waals surface area contributed by atoms with Crippen molar-refractivity contribution in [2.24, 2.45) is 0 Å². The Morgan fingerprint density at radius 2 is 2.05 bits per heavy atom. The number of sulfonamides is 1. The zero-order valence-electron chi connectivity index (χ0n) is 10.7. The van der Waals surface area contributed by atoms with Crippen molar-refractivity contribution < 1.29 is 13.2 Å². The first-order valence-electron chi connectivity index (χ1n) is 6.17. The van der Waals surface area contributed by atoms with Crippen LogP contribution in [0.4, 0.5) is 5.69 Å². The maximum atomic E-state index is 12.3. The molecule has 0 spiro atoms. The molecule has 0 saturated heterocycles. The van der Waals surface area contributed by atoms with E-state index in [9.17, 15) is 8.42 Å². The van der Waals surface area contributed by atoms with Gasteiger partial charge in [0, 0.05) is 0 Å². The molecule has 0 radical (unpaired) electrons. The third-order valence-corrected chi connectivity index (χ3v) is 5.19. The van der Waals surface area contributed by atoms with Crippen LogP contribution in [0.3, 0.4) is 0 Å². The monoisotopic (exact) mass is 280 g/mol. The Labute approximate surface area is 113 Å². The van der Waals surface area contributed by atoms with Crippen LogP contribution in [0, 0.1) is 11.3 Å². The molecule has 1 N–H and O–H groups in total. The molecule has 1 aliphatic carbocycles. The molecule has 0 amide bonds. The van der Waals surface area contributed by atoms with Crippen LogP contribution < -0.4 is 9.46 Å². The second kappa shape index (κ2) is 5.49. The first kappa shape index (κ1) is 13.7. The Bertz CT molecular complexity index is 599. The SMILES string of the molecule is COc1cccc(C#N)c1NS(=O)(=O)C1CCCC1. The van der Waals surface area contributed by atoms with Crippen LogP contribution in [0.1, 0.15) is 31.2 Å². The van der Waals surface area contributed by atoms with Crippen molar-refractivity contribution >= 4 is 15.7 Å². The number of nitrogens with zero attached hydrogens (tertiary/aromatic N) is 1. The maximum Gasteiger partial charge on any atom is 0.235 e. The van der Waals surface area contributed by atoms with Gasteiger partial charge in [-0.25, -0.2) is 8.42 Å². The molecule has 2 rings (SSSR count). The number of rotatable bonds is 4. The topological polar surface area (TPSA) is 79.2 Å². The third kappa shape index (κ3) is 2.82. The van der Waals surface area contributed by atoms with E-state index in [-0.39, 0.29) is 16.5 Å². The minimum absolute atomic E-state index is 0.236. The normalized spacial score (nSPS) is 16.0. The summed E-state index contributed by atoms with van der Waals surface area (Å²) in [6.07, 6.45) is 3.21. The average Bonchev–Trinajstić information content (AvgIpc) is 2.93. The molecule has 0 atom stereocenters. The van der Waals surface area contributed by atoms with Gasteiger partial charge in [0.2, 0.25) is 10.0 Å². The van der Waals surface area contributed by atoms with Crippen LogP contribution in [0.2, 0.25) is 0 Å². The fourth-order valence-electron chi connectivity index (χ4n) is 2.32. The highest BCUT2D eigenvalue weighted by atomic mass is 32.2. The van der Waals surface area contributed by atoms with Crippen molar-refractivity contribution in [1.82, 2.24) is 0 Å². The van der Waals surface area contributed by atoms with E-state index in [1.165, 1.54) is 7.11 Å². The van der Waals surface area contributed by atoms with E-state index < -0.39 is 10.0 Å². The lowest BCUT2D eigenvalue weighted by Gasteiger charge is -2.16. The van der Waals surface area contributed by atoms with Gasteiger partial charge >= 0.3 is 0 Å². The number of benzene rings is 1. The molecule has 0 aliphatic heterocycles. The van der Waals surface area contributed by atoms with Crippen LogP contribution in [0.15, 0.2) is 18.2 Å². The molecule has 1 saturated carbocycles. The molecule has 0 unspecified atom stereocenters. The number of nitriles is 1. The number of ether oxygens (including phenoxy) is 1. The predicted octanol–water partition coefficient (Wildman–Crippen LogP) is 2.25. The lowest BCUT2D eigenvalue weighted by molar-refractivity contribution is 0.416. The van der Waals surface area contributed by atoms with Gasteiger partial charge in [0.15, 0.2) is 0 Å². The van der Waals surface area contributed by atoms with Gasteiger partial charge in [-0.15, -0.1) is 0 Å². The number of hydrogen-bond donors (Lipinski definition) is 1. The summed E-state index contributed by atoms with van der Waals surface area (Å²) in [7, 11) is -2.01. The van der Waals surface area contributed by atoms with E-state index >= 15 is 0 Å². The summed E-state index contributed by atoms with van der Waals surface area (Å²) in [5, 5.41) is 8.69. The molecule has 0 aromatic heterocycles. The van der Waals surface area contributed by atoms with Crippen molar-refractivity contribution in [1.29, 1.82) is 5.26 Å². The molecule has 0 heterocycles. The smallest absolute Gasteiger partial charge is 0.235 e. The third-order valence-electron chi connectivity index (χ3n) is 3.35. The molecular formula is C13H16N2O3S. The van der Waals surface area contributed by atoms with E-state index in [4.69, 9.17) is 10.00 Å². The first-order valence-corrected chi connectivity index (χ1v) is 7.72. The number of methoxy groups -OCH3 is 1. The molecule has 1 aromatic rings. The van der Waals surface area contributed by atoms with Gasteiger partial charge in [-0.05, 0) is 25.0 Å². The maximum absolute atomic E-state index is 12.3. The number of hydrogen-bond acceptors (Lipinski definition) is 4. The summed E-state index contributed by atoms with van der Waals surface area (Å²) in [6.45, 7) is 0. The van der Waals surface area contributed by atoms with E-state index in [1.54, 1.807) is 18.2 Å². The van der Waals surface area contributed by atoms with Gasteiger partial charge in [-0.1, -0.05) is 18.9 Å². The quantitative estimate of drug-likeness (QED) is 0.917. The number of nitrogens with one attached hydrogen (secondary N) is 1. The van der Waals surface area contributed by atoms with Crippen molar-refractivity contribution in [2.45, 2.75) is 30.9 Å². The fourth-order valence-corrected chi connectivity index (χ4v) is 3.94. The molecule has 1 fully saturated rings. The molecule has 19 heavy (non-hydrogen) atoms. The van der Waals surface area contributed by atoms with Gasteiger partial charge in [0.1, 0.15) is 17.5 Å². The van der Waals surface area contributed by atoms with Gasteiger partial charge in [0.25, 0.3) is 0 Å². The van der Waals surface area contributed by atoms with Gasteiger partial charge < -0.3 is 4.74 Å². The second-order valence-corrected chi connectivity index (χ2v) is 6.51. The Kier molecular flexibility index (Phi) is 3.96. The summed E-state index contributed by atoms with van der Waals surface area (Å²) in [6, 6.07) is 6.83. The van der Waals surface area contributed by atoms with Crippen molar-refractivity contribution in [3.05, 3.63) is 23.8 Å². The highest BCUT2D eigenvalue weighted by Gasteiger charge is 2.30. The van der Waals surface area contributed by atoms with Crippen LogP contribution in [-0.2, 0) is 10.0 Å². The Balaban J connectivity index is 2.35. The predicted molar refractivity (Wildman–Crippen MR) is 72.5 cm³/mol. The summed E-state index contributed by atoms with van der Waals surface area (Å²) in [4.78, 5) is 0. The number of anilines is 1. The van der Waals surface area contributed by atoms with Crippen LogP contribution >= 0.6 is 0 Å². The lowest BCUT2D eigenvalue weighted by Crippen LogP contribution is -2.25. The largest absolute Gasteiger partial charge is 0.495 e. The number of para-hydroxylation sites is 1. The minimum atomic E-state index is -3.46. The van der Waals surface area contributed by atoms with Crippen LogP contribution in [-0.4, -0.2) is 20.8 Å². The standard InChI is InChI=1S/C13H16N2O3S/c1-18-12-8-4-5-10(9-14)13(12)15-19(16,17)11-6-2-3-7-11/h4-5,8,11,15H,2-3,6-7H2,1H3. The highest BCUT2D eigenvalue weighted by Crippen LogP contribution is 2.32. The molecular weight excluding hydrogens is 264 g/mol. The van der Waals surface area contributed by atoms with Crippen LogP contribution in [0.5, 0.6) is 5.75 Å². The summed E-state index contributed by atoms with van der Waals surface area (Å²) in [5.41, 5.74) is 0.500. The molecule has 1 aliphatic rings. The first-order chi connectivity index (χ1) is 9.08. The van der Waals surface area contributed by atoms with E-state index in [0.717, 1.165) is 12.8 Å². The molecule has 0 bridgehead atoms.